The highest BCUT2D eigenvalue weighted by Gasteiger charge is 2.21. The summed E-state index contributed by atoms with van der Waals surface area (Å²) in [6.07, 6.45) is 6.28. The molecule has 0 amide bonds. The second-order valence-electron chi connectivity index (χ2n) is 8.23. The topological polar surface area (TPSA) is 79.7 Å². The maximum Gasteiger partial charge on any atom is 0.264 e. The summed E-state index contributed by atoms with van der Waals surface area (Å²) in [5.74, 6) is 3.00. The van der Waals surface area contributed by atoms with Crippen LogP contribution in [-0.2, 0) is 20.7 Å². The Morgan fingerprint density at radius 3 is 2.53 bits per heavy atom. The molecule has 1 fully saturated rings. The van der Waals surface area contributed by atoms with Gasteiger partial charge in [-0.05, 0) is 81.0 Å². The molecule has 3 aromatic rings. The van der Waals surface area contributed by atoms with Crippen LogP contribution in [0.2, 0.25) is 0 Å². The minimum Gasteiger partial charge on any atom is -0.493 e. The van der Waals surface area contributed by atoms with E-state index in [1.807, 2.05) is 60.8 Å². The standard InChI is InChI=1S/C24H28N2O5S/c1-18(31-32(2,27)28)6-9-20-14-15-26(25-20)21-10-12-22(13-11-21)30-24-5-3-4-23(16-24)29-17-19-7-8-19/h3-5,10-16,18-19H,6-9,17H2,1-2H3. The summed E-state index contributed by atoms with van der Waals surface area (Å²) < 4.78 is 40.9. The SMILES string of the molecule is CC(CCc1ccn(-c2ccc(Oc3cccc(OCC4CC4)c3)cc2)n1)OS(C)(=O)=O. The number of hydrogen-bond donors (Lipinski definition) is 0. The molecule has 1 aliphatic rings. The lowest BCUT2D eigenvalue weighted by molar-refractivity contribution is 0.220. The third kappa shape index (κ3) is 6.83. The number of rotatable bonds is 11. The van der Waals surface area contributed by atoms with E-state index in [-0.39, 0.29) is 6.10 Å². The summed E-state index contributed by atoms with van der Waals surface area (Å²) in [5, 5.41) is 4.57. The summed E-state index contributed by atoms with van der Waals surface area (Å²) in [5.41, 5.74) is 1.78. The third-order valence-corrected chi connectivity index (χ3v) is 5.79. The number of aromatic nitrogens is 2. The van der Waals surface area contributed by atoms with E-state index in [1.54, 1.807) is 11.6 Å². The Morgan fingerprint density at radius 1 is 1.06 bits per heavy atom. The van der Waals surface area contributed by atoms with Crippen molar-refractivity contribution in [1.29, 1.82) is 0 Å². The van der Waals surface area contributed by atoms with Gasteiger partial charge in [0.1, 0.15) is 17.2 Å². The van der Waals surface area contributed by atoms with Crippen LogP contribution >= 0.6 is 0 Å². The first-order chi connectivity index (χ1) is 15.3. The fourth-order valence-corrected chi connectivity index (χ4v) is 3.96. The van der Waals surface area contributed by atoms with Gasteiger partial charge >= 0.3 is 0 Å². The van der Waals surface area contributed by atoms with Gasteiger partial charge in [-0.1, -0.05) is 6.07 Å². The van der Waals surface area contributed by atoms with E-state index in [4.69, 9.17) is 13.7 Å². The zero-order valence-corrected chi connectivity index (χ0v) is 19.1. The molecule has 2 aromatic carbocycles. The molecule has 4 rings (SSSR count). The molecule has 1 saturated carbocycles. The second-order valence-corrected chi connectivity index (χ2v) is 9.83. The van der Waals surface area contributed by atoms with Crippen LogP contribution in [0.15, 0.2) is 60.8 Å². The van der Waals surface area contributed by atoms with Crippen molar-refractivity contribution in [2.24, 2.45) is 5.92 Å². The van der Waals surface area contributed by atoms with Crippen LogP contribution in [0, 0.1) is 5.92 Å². The Morgan fingerprint density at radius 2 is 1.81 bits per heavy atom. The van der Waals surface area contributed by atoms with E-state index in [1.165, 1.54) is 12.8 Å². The minimum absolute atomic E-state index is 0.385. The molecular formula is C24H28N2O5S. The predicted molar refractivity (Wildman–Crippen MR) is 122 cm³/mol. The maximum atomic E-state index is 11.2. The quantitative estimate of drug-likeness (QED) is 0.388. The first kappa shape index (κ1) is 22.4. The normalized spacial score (nSPS) is 14.8. The highest BCUT2D eigenvalue weighted by Crippen LogP contribution is 2.31. The molecule has 0 aliphatic heterocycles. The van der Waals surface area contributed by atoms with Gasteiger partial charge in [-0.2, -0.15) is 13.5 Å². The van der Waals surface area contributed by atoms with Gasteiger partial charge in [-0.25, -0.2) is 4.68 Å². The molecule has 0 N–H and O–H groups in total. The smallest absolute Gasteiger partial charge is 0.264 e. The van der Waals surface area contributed by atoms with Crippen molar-refractivity contribution in [3.8, 4) is 22.9 Å². The Labute approximate surface area is 189 Å². The molecule has 0 saturated heterocycles. The van der Waals surface area contributed by atoms with Crippen LogP contribution in [0.3, 0.4) is 0 Å². The van der Waals surface area contributed by atoms with Gasteiger partial charge < -0.3 is 9.47 Å². The first-order valence-corrected chi connectivity index (χ1v) is 12.6. The van der Waals surface area contributed by atoms with Crippen LogP contribution in [-0.4, -0.2) is 37.2 Å². The molecule has 8 heteroatoms. The monoisotopic (exact) mass is 456 g/mol. The number of nitrogens with zero attached hydrogens (tertiary/aromatic N) is 2. The average Bonchev–Trinajstić information content (AvgIpc) is 3.46. The fourth-order valence-electron chi connectivity index (χ4n) is 3.27. The van der Waals surface area contributed by atoms with E-state index in [0.29, 0.717) is 18.8 Å². The zero-order valence-electron chi connectivity index (χ0n) is 18.3. The van der Waals surface area contributed by atoms with Crippen molar-refractivity contribution < 1.29 is 22.1 Å². The van der Waals surface area contributed by atoms with E-state index >= 15 is 0 Å². The summed E-state index contributed by atoms with van der Waals surface area (Å²) in [6, 6.07) is 17.3. The Balaban J connectivity index is 1.32. The fraction of sp³-hybridized carbons (Fsp3) is 0.375. The number of aryl methyl sites for hydroxylation is 1. The molecule has 0 spiro atoms. The molecule has 1 aromatic heterocycles. The average molecular weight is 457 g/mol. The van der Waals surface area contributed by atoms with Crippen molar-refractivity contribution in [1.82, 2.24) is 9.78 Å². The molecule has 1 aliphatic carbocycles. The van der Waals surface area contributed by atoms with Gasteiger partial charge in [0.05, 0.1) is 30.3 Å². The van der Waals surface area contributed by atoms with Crippen molar-refractivity contribution in [3.05, 3.63) is 66.5 Å². The predicted octanol–water partition coefficient (Wildman–Crippen LogP) is 4.75. The minimum atomic E-state index is -3.44. The Kier molecular flexibility index (Phi) is 6.81. The molecule has 1 atom stereocenters. The van der Waals surface area contributed by atoms with Gasteiger partial charge in [0.25, 0.3) is 10.1 Å². The highest BCUT2D eigenvalue weighted by atomic mass is 32.2. The third-order valence-electron chi connectivity index (χ3n) is 5.12. The molecule has 1 heterocycles. The van der Waals surface area contributed by atoms with Gasteiger partial charge in [0.15, 0.2) is 0 Å². The molecule has 0 radical (unpaired) electrons. The van der Waals surface area contributed by atoms with Gasteiger partial charge in [0, 0.05) is 12.3 Å². The molecule has 1 unspecified atom stereocenters. The van der Waals surface area contributed by atoms with Crippen LogP contribution in [0.5, 0.6) is 17.2 Å². The number of benzene rings is 2. The van der Waals surface area contributed by atoms with Gasteiger partial charge in [-0.15, -0.1) is 0 Å². The summed E-state index contributed by atoms with van der Waals surface area (Å²) >= 11 is 0. The lowest BCUT2D eigenvalue weighted by Crippen LogP contribution is -2.14. The molecular weight excluding hydrogens is 428 g/mol. The lowest BCUT2D eigenvalue weighted by Gasteiger charge is -2.10. The van der Waals surface area contributed by atoms with Crippen molar-refractivity contribution in [2.75, 3.05) is 12.9 Å². The van der Waals surface area contributed by atoms with Crippen LogP contribution in [0.4, 0.5) is 0 Å². The summed E-state index contributed by atoms with van der Waals surface area (Å²) in [7, 11) is -3.44. The van der Waals surface area contributed by atoms with Crippen molar-refractivity contribution >= 4 is 10.1 Å². The van der Waals surface area contributed by atoms with Gasteiger partial charge in [-0.3, -0.25) is 4.18 Å². The van der Waals surface area contributed by atoms with E-state index in [9.17, 15) is 8.42 Å². The number of hydrogen-bond acceptors (Lipinski definition) is 6. The molecule has 7 nitrogen and oxygen atoms in total. The summed E-state index contributed by atoms with van der Waals surface area (Å²) in [4.78, 5) is 0. The van der Waals surface area contributed by atoms with Crippen LogP contribution in [0.25, 0.3) is 5.69 Å². The Bertz CT molecular complexity index is 1140. The van der Waals surface area contributed by atoms with E-state index < -0.39 is 10.1 Å². The number of ether oxygens (including phenoxy) is 2. The summed E-state index contributed by atoms with van der Waals surface area (Å²) in [6.45, 7) is 2.51. The molecule has 32 heavy (non-hydrogen) atoms. The second kappa shape index (κ2) is 9.75. The van der Waals surface area contributed by atoms with Gasteiger partial charge in [0.2, 0.25) is 0 Å². The lowest BCUT2D eigenvalue weighted by atomic mass is 10.2. The molecule has 0 bridgehead atoms. The maximum absolute atomic E-state index is 11.2. The van der Waals surface area contributed by atoms with E-state index in [2.05, 4.69) is 5.10 Å². The van der Waals surface area contributed by atoms with Crippen molar-refractivity contribution in [2.45, 2.75) is 38.7 Å². The van der Waals surface area contributed by atoms with Crippen molar-refractivity contribution in [3.63, 3.8) is 0 Å². The highest BCUT2D eigenvalue weighted by molar-refractivity contribution is 7.86. The van der Waals surface area contributed by atoms with E-state index in [0.717, 1.165) is 41.5 Å². The van der Waals surface area contributed by atoms with Crippen LogP contribution in [0.1, 0.15) is 31.9 Å². The largest absolute Gasteiger partial charge is 0.493 e. The zero-order chi connectivity index (χ0) is 22.6. The van der Waals surface area contributed by atoms with Crippen LogP contribution < -0.4 is 9.47 Å². The Hall–Kier alpha value is -2.84. The first-order valence-electron chi connectivity index (χ1n) is 10.8. The molecule has 170 valence electrons.